The average molecular weight is 422 g/mol. The fraction of sp³-hybridized carbons (Fsp3) is 0.958. The molecule has 3 rings (SSSR count). The van der Waals surface area contributed by atoms with Gasteiger partial charge in [0.15, 0.2) is 0 Å². The highest BCUT2D eigenvalue weighted by atomic mass is 28.4. The molecule has 0 aromatic heterocycles. The van der Waals surface area contributed by atoms with Crippen molar-refractivity contribution < 1.29 is 14.3 Å². The van der Waals surface area contributed by atoms with Crippen molar-refractivity contribution in [2.45, 2.75) is 109 Å². The Morgan fingerprint density at radius 2 is 1.66 bits per heavy atom. The second-order valence-corrected chi connectivity index (χ2v) is 16.5. The van der Waals surface area contributed by atoms with Gasteiger partial charge >= 0.3 is 0 Å². The summed E-state index contributed by atoms with van der Waals surface area (Å²) in [6.07, 6.45) is 2.94. The minimum atomic E-state index is -2.22. The number of hydrogen-bond acceptors (Lipinski definition) is 4. The lowest BCUT2D eigenvalue weighted by atomic mass is 9.65. The van der Waals surface area contributed by atoms with E-state index in [-0.39, 0.29) is 17.4 Å². The topological polar surface area (TPSA) is 62.5 Å². The highest BCUT2D eigenvalue weighted by Gasteiger charge is 2.84. The zero-order valence-electron chi connectivity index (χ0n) is 19.9. The van der Waals surface area contributed by atoms with Crippen LogP contribution < -0.4 is 0 Å². The van der Waals surface area contributed by atoms with E-state index in [9.17, 15) is 10.4 Å². The van der Waals surface area contributed by atoms with E-state index in [1.807, 2.05) is 6.92 Å². The molecule has 0 amide bonds. The van der Waals surface area contributed by atoms with E-state index in [1.54, 1.807) is 0 Å². The second kappa shape index (κ2) is 7.62. The van der Waals surface area contributed by atoms with Gasteiger partial charge in [0.2, 0.25) is 8.32 Å². The third-order valence-electron chi connectivity index (χ3n) is 9.40. The molecule has 0 unspecified atom stereocenters. The van der Waals surface area contributed by atoms with Crippen LogP contribution in [0.5, 0.6) is 0 Å². The van der Waals surface area contributed by atoms with E-state index in [1.165, 1.54) is 0 Å². The molecule has 0 aliphatic heterocycles. The molecule has 4 bridgehead atoms. The fourth-order valence-electron chi connectivity index (χ4n) is 8.44. The maximum atomic E-state index is 11.1. The molecule has 0 aromatic rings. The summed E-state index contributed by atoms with van der Waals surface area (Å²) in [6, 6.07) is 2.81. The van der Waals surface area contributed by atoms with Crippen molar-refractivity contribution in [1.82, 2.24) is 0 Å². The van der Waals surface area contributed by atoms with Gasteiger partial charge in [-0.1, -0.05) is 48.5 Å². The minimum Gasteiger partial charge on any atom is -0.408 e. The van der Waals surface area contributed by atoms with Crippen LogP contribution in [0.4, 0.5) is 0 Å². The van der Waals surface area contributed by atoms with Gasteiger partial charge in [0, 0.05) is 25.0 Å². The Bertz CT molecular complexity index is 637. The number of nitrogens with zero attached hydrogens (tertiary/aromatic N) is 1. The van der Waals surface area contributed by atoms with E-state index < -0.39 is 19.3 Å². The van der Waals surface area contributed by atoms with Crippen LogP contribution >= 0.6 is 0 Å². The summed E-state index contributed by atoms with van der Waals surface area (Å²) in [6.45, 7) is 19.6. The Kier molecular flexibility index (Phi) is 6.11. The zero-order chi connectivity index (χ0) is 21.8. The van der Waals surface area contributed by atoms with Gasteiger partial charge in [0.05, 0.1) is 23.2 Å². The van der Waals surface area contributed by atoms with Crippen molar-refractivity contribution in [1.29, 1.82) is 5.26 Å². The van der Waals surface area contributed by atoms with Crippen molar-refractivity contribution in [2.75, 3.05) is 13.2 Å². The smallest absolute Gasteiger partial charge is 0.201 e. The summed E-state index contributed by atoms with van der Waals surface area (Å²) in [5.41, 5.74) is 0.253. The molecule has 3 saturated carbocycles. The molecule has 0 aromatic carbocycles. The minimum absolute atomic E-state index is 0.131. The summed E-state index contributed by atoms with van der Waals surface area (Å²) in [4.78, 5) is 0. The summed E-state index contributed by atoms with van der Waals surface area (Å²) < 4.78 is 13.4. The normalized spacial score (nSPS) is 41.1. The number of aliphatic hydroxyl groups excluding tert-OH is 1. The Balaban J connectivity index is 2.17. The SMILES string of the molecule is CCOCC[C@@]12C[C@@H](C)[C@@]3(C#N)C[C@@H]1[C@@H](O)C[C@@]23O[Si](C(C)C)(C(C)C)C(C)C. The number of hydrogen-bond donors (Lipinski definition) is 1. The Hall–Kier alpha value is -0.413. The molecule has 5 heteroatoms. The maximum absolute atomic E-state index is 11.1. The summed E-state index contributed by atoms with van der Waals surface area (Å²) in [5, 5.41) is 21.7. The van der Waals surface area contributed by atoms with Crippen LogP contribution in [0.3, 0.4) is 0 Å². The number of ether oxygens (including phenoxy) is 1. The first-order valence-corrected chi connectivity index (χ1v) is 14.0. The largest absolute Gasteiger partial charge is 0.408 e. The maximum Gasteiger partial charge on any atom is 0.201 e. The molecule has 0 saturated heterocycles. The van der Waals surface area contributed by atoms with E-state index in [2.05, 4.69) is 54.5 Å². The van der Waals surface area contributed by atoms with Gasteiger partial charge < -0.3 is 14.3 Å². The van der Waals surface area contributed by atoms with Crippen molar-refractivity contribution in [2.24, 2.45) is 22.7 Å². The van der Waals surface area contributed by atoms with Gasteiger partial charge in [-0.15, -0.1) is 0 Å². The lowest BCUT2D eigenvalue weighted by molar-refractivity contribution is -0.0785. The molecule has 4 nitrogen and oxygen atoms in total. The Labute approximate surface area is 179 Å². The highest BCUT2D eigenvalue weighted by molar-refractivity contribution is 6.77. The first kappa shape index (κ1) is 23.3. The van der Waals surface area contributed by atoms with E-state index in [0.717, 1.165) is 19.3 Å². The molecule has 3 fully saturated rings. The molecule has 166 valence electrons. The first-order valence-electron chi connectivity index (χ1n) is 11.9. The van der Waals surface area contributed by atoms with Crippen molar-refractivity contribution >= 4 is 8.32 Å². The number of rotatable bonds is 9. The monoisotopic (exact) mass is 421 g/mol. The van der Waals surface area contributed by atoms with Crippen LogP contribution in [0.15, 0.2) is 0 Å². The quantitative estimate of drug-likeness (QED) is 0.385. The third kappa shape index (κ3) is 2.71. The second-order valence-electron chi connectivity index (χ2n) is 11.1. The Morgan fingerprint density at radius 3 is 2.14 bits per heavy atom. The van der Waals surface area contributed by atoms with Crippen LogP contribution in [0, 0.1) is 34.0 Å². The molecule has 0 spiro atoms. The predicted molar refractivity (Wildman–Crippen MR) is 119 cm³/mol. The highest BCUT2D eigenvalue weighted by Crippen LogP contribution is 2.81. The lowest BCUT2D eigenvalue weighted by Crippen LogP contribution is -2.61. The van der Waals surface area contributed by atoms with Crippen molar-refractivity contribution in [3.8, 4) is 6.07 Å². The van der Waals surface area contributed by atoms with Crippen molar-refractivity contribution in [3.05, 3.63) is 0 Å². The molecule has 29 heavy (non-hydrogen) atoms. The molecular weight excluding hydrogens is 378 g/mol. The van der Waals surface area contributed by atoms with Gasteiger partial charge in [-0.3, -0.25) is 0 Å². The summed E-state index contributed by atoms with van der Waals surface area (Å²) in [5.74, 6) is 0.466. The third-order valence-corrected chi connectivity index (χ3v) is 15.5. The molecular formula is C24H43NO3Si. The van der Waals surface area contributed by atoms with Crippen LogP contribution in [0.2, 0.25) is 16.6 Å². The zero-order valence-corrected chi connectivity index (χ0v) is 20.9. The first-order chi connectivity index (χ1) is 13.5. The van der Waals surface area contributed by atoms with Crippen LogP contribution in [0.1, 0.15) is 81.1 Å². The van der Waals surface area contributed by atoms with Gasteiger partial charge in [0.1, 0.15) is 0 Å². The van der Waals surface area contributed by atoms with Crippen LogP contribution in [0.25, 0.3) is 0 Å². The number of nitriles is 1. The van der Waals surface area contributed by atoms with Gasteiger partial charge in [0.25, 0.3) is 0 Å². The molecule has 0 radical (unpaired) electrons. The van der Waals surface area contributed by atoms with Gasteiger partial charge in [-0.25, -0.2) is 0 Å². The fourth-order valence-corrected chi connectivity index (χ4v) is 14.2. The summed E-state index contributed by atoms with van der Waals surface area (Å²) in [7, 11) is -2.22. The van der Waals surface area contributed by atoms with E-state index in [0.29, 0.717) is 42.2 Å². The van der Waals surface area contributed by atoms with Crippen LogP contribution in [-0.4, -0.2) is 38.3 Å². The standard InChI is InChI=1S/C24H43NO3Si/c1-9-27-11-10-22-12-19(8)23(15-25)13-20(22)21(26)14-24(22,23)28-29(16(2)3,17(4)5)18(6)7/h16-21,26H,9-14H2,1-8H3/t19-,20-,21+,22-,23+,24-/m1/s1. The average Bonchev–Trinajstić information content (AvgIpc) is 3.08. The van der Waals surface area contributed by atoms with Gasteiger partial charge in [-0.2, -0.15) is 5.26 Å². The molecule has 0 heterocycles. The molecule has 6 atom stereocenters. The van der Waals surface area contributed by atoms with Gasteiger partial charge in [-0.05, 0) is 54.6 Å². The van der Waals surface area contributed by atoms with Crippen molar-refractivity contribution in [3.63, 3.8) is 0 Å². The molecule has 1 N–H and O–H groups in total. The summed E-state index contributed by atoms with van der Waals surface area (Å²) >= 11 is 0. The lowest BCUT2D eigenvalue weighted by Gasteiger charge is -2.54. The van der Waals surface area contributed by atoms with Crippen LogP contribution in [-0.2, 0) is 9.16 Å². The van der Waals surface area contributed by atoms with E-state index in [4.69, 9.17) is 9.16 Å². The Morgan fingerprint density at radius 1 is 1.07 bits per heavy atom. The number of aliphatic hydroxyl groups is 1. The van der Waals surface area contributed by atoms with E-state index >= 15 is 0 Å². The predicted octanol–water partition coefficient (Wildman–Crippen LogP) is 5.66. The molecule has 3 aliphatic carbocycles. The molecule has 3 aliphatic rings.